The van der Waals surface area contributed by atoms with Crippen LogP contribution in [0, 0.1) is 12.7 Å². The molecule has 33 heavy (non-hydrogen) atoms. The highest BCUT2D eigenvalue weighted by Gasteiger charge is 2.11. The quantitative estimate of drug-likeness (QED) is 0.338. The van der Waals surface area contributed by atoms with E-state index in [1.807, 2.05) is 6.92 Å². The molecule has 1 aromatic heterocycles. The number of amides is 1. The molecule has 3 rings (SSSR count). The van der Waals surface area contributed by atoms with E-state index in [2.05, 4.69) is 20.5 Å². The molecule has 0 unspecified atom stereocenters. The van der Waals surface area contributed by atoms with Gasteiger partial charge in [-0.05, 0) is 43.7 Å². The van der Waals surface area contributed by atoms with Crippen LogP contribution in [0.15, 0.2) is 57.2 Å². The third-order valence-electron chi connectivity index (χ3n) is 4.60. The lowest BCUT2D eigenvalue weighted by Crippen LogP contribution is -2.30. The molecule has 3 N–H and O–H groups in total. The number of benzene rings is 2. The van der Waals surface area contributed by atoms with Crippen LogP contribution >= 0.6 is 0 Å². The van der Waals surface area contributed by atoms with E-state index < -0.39 is 17.2 Å². The fourth-order valence-corrected chi connectivity index (χ4v) is 2.98. The Kier molecular flexibility index (Phi) is 7.74. The second kappa shape index (κ2) is 10.9. The van der Waals surface area contributed by atoms with E-state index in [4.69, 9.17) is 9.47 Å². The van der Waals surface area contributed by atoms with Gasteiger partial charge in [-0.3, -0.25) is 14.6 Å². The number of ether oxygens (including phenoxy) is 2. The number of aromatic nitrogens is 2. The number of hydrogen-bond donors (Lipinski definition) is 3. The van der Waals surface area contributed by atoms with Crippen LogP contribution in [0.25, 0.3) is 0 Å². The van der Waals surface area contributed by atoms with Crippen molar-refractivity contribution in [3.8, 4) is 11.5 Å². The summed E-state index contributed by atoms with van der Waals surface area (Å²) < 4.78 is 25.1. The molecule has 1 heterocycles. The minimum absolute atomic E-state index is 0.0412. The maximum Gasteiger partial charge on any atom is 0.325 e. The fourth-order valence-electron chi connectivity index (χ4n) is 2.98. The Morgan fingerprint density at radius 1 is 1.12 bits per heavy atom. The van der Waals surface area contributed by atoms with E-state index in [0.29, 0.717) is 34.9 Å². The van der Waals surface area contributed by atoms with Gasteiger partial charge in [-0.25, -0.2) is 14.6 Å². The molecule has 9 nitrogen and oxygen atoms in total. The van der Waals surface area contributed by atoms with Crippen LogP contribution < -0.4 is 26.1 Å². The molecule has 2 aromatic carbocycles. The van der Waals surface area contributed by atoms with Crippen molar-refractivity contribution < 1.29 is 18.7 Å². The number of nitrogens with one attached hydrogen (secondary N) is 3. The summed E-state index contributed by atoms with van der Waals surface area (Å²) in [5, 5.41) is 3.90. The summed E-state index contributed by atoms with van der Waals surface area (Å²) >= 11 is 0. The van der Waals surface area contributed by atoms with Gasteiger partial charge in [0.25, 0.3) is 5.56 Å². The van der Waals surface area contributed by atoms with Gasteiger partial charge in [0.05, 0.1) is 19.2 Å². The Morgan fingerprint density at radius 3 is 2.64 bits per heavy atom. The maximum atomic E-state index is 13.8. The van der Waals surface area contributed by atoms with Crippen LogP contribution in [-0.2, 0) is 17.8 Å². The van der Waals surface area contributed by atoms with Crippen LogP contribution in [0.1, 0.15) is 29.3 Å². The van der Waals surface area contributed by atoms with Crippen molar-refractivity contribution in [2.24, 2.45) is 5.10 Å². The molecule has 0 spiro atoms. The molecule has 0 aliphatic rings. The van der Waals surface area contributed by atoms with Gasteiger partial charge in [-0.1, -0.05) is 18.2 Å². The molecule has 0 aliphatic heterocycles. The van der Waals surface area contributed by atoms with Gasteiger partial charge in [0.2, 0.25) is 5.91 Å². The van der Waals surface area contributed by atoms with Gasteiger partial charge in [0.1, 0.15) is 12.4 Å². The first-order valence-electron chi connectivity index (χ1n) is 10.1. The van der Waals surface area contributed by atoms with Crippen molar-refractivity contribution in [2.75, 3.05) is 6.61 Å². The molecule has 0 saturated carbocycles. The lowest BCUT2D eigenvalue weighted by molar-refractivity contribution is -0.120. The average molecular weight is 454 g/mol. The lowest BCUT2D eigenvalue weighted by atomic mass is 10.1. The van der Waals surface area contributed by atoms with Crippen LogP contribution in [0.4, 0.5) is 4.39 Å². The van der Waals surface area contributed by atoms with Gasteiger partial charge in [0.15, 0.2) is 11.5 Å². The third-order valence-corrected chi connectivity index (χ3v) is 4.60. The number of H-pyrrole nitrogens is 2. The first kappa shape index (κ1) is 23.5. The van der Waals surface area contributed by atoms with Crippen LogP contribution in [-0.4, -0.2) is 28.7 Å². The van der Waals surface area contributed by atoms with E-state index in [9.17, 15) is 18.8 Å². The van der Waals surface area contributed by atoms with Crippen molar-refractivity contribution in [2.45, 2.75) is 26.9 Å². The number of nitrogens with zero attached hydrogens (tertiary/aromatic N) is 1. The van der Waals surface area contributed by atoms with Gasteiger partial charge in [-0.2, -0.15) is 5.10 Å². The number of carbonyl (C=O) groups is 1. The Balaban J connectivity index is 1.65. The summed E-state index contributed by atoms with van der Waals surface area (Å²) in [4.78, 5) is 39.7. The highest BCUT2D eigenvalue weighted by molar-refractivity contribution is 5.84. The number of aromatic amines is 2. The van der Waals surface area contributed by atoms with Crippen molar-refractivity contribution in [1.82, 2.24) is 15.4 Å². The Bertz CT molecular complexity index is 1280. The summed E-state index contributed by atoms with van der Waals surface area (Å²) in [5.41, 5.74) is 2.59. The predicted octanol–water partition coefficient (Wildman–Crippen LogP) is 2.18. The second-order valence-corrected chi connectivity index (χ2v) is 7.00. The second-order valence-electron chi connectivity index (χ2n) is 7.00. The molecule has 0 atom stereocenters. The fraction of sp³-hybridized carbons (Fsp3) is 0.217. The summed E-state index contributed by atoms with van der Waals surface area (Å²) in [6.45, 7) is 3.79. The molecule has 3 aromatic rings. The normalized spacial score (nSPS) is 10.9. The molecular formula is C23H23FN4O5. The van der Waals surface area contributed by atoms with Crippen molar-refractivity contribution in [3.05, 3.63) is 91.5 Å². The van der Waals surface area contributed by atoms with Gasteiger partial charge >= 0.3 is 5.69 Å². The first-order chi connectivity index (χ1) is 15.9. The van der Waals surface area contributed by atoms with Gasteiger partial charge in [0, 0.05) is 16.8 Å². The number of hydrogen-bond acceptors (Lipinski definition) is 6. The molecule has 10 heteroatoms. The highest BCUT2D eigenvalue weighted by Crippen LogP contribution is 2.29. The zero-order valence-electron chi connectivity index (χ0n) is 18.1. The topological polar surface area (TPSA) is 126 Å². The molecular weight excluding hydrogens is 431 g/mol. The molecule has 0 radical (unpaired) electrons. The number of halogens is 1. The van der Waals surface area contributed by atoms with Gasteiger partial charge < -0.3 is 14.5 Å². The van der Waals surface area contributed by atoms with Crippen LogP contribution in [0.5, 0.6) is 11.5 Å². The highest BCUT2D eigenvalue weighted by atomic mass is 19.1. The number of aryl methyl sites for hydroxylation is 1. The van der Waals surface area contributed by atoms with E-state index in [1.54, 1.807) is 36.4 Å². The summed E-state index contributed by atoms with van der Waals surface area (Å²) in [6, 6.07) is 11.4. The summed E-state index contributed by atoms with van der Waals surface area (Å²) in [7, 11) is 0. The third kappa shape index (κ3) is 6.39. The molecule has 0 fully saturated rings. The van der Waals surface area contributed by atoms with E-state index in [0.717, 1.165) is 0 Å². The number of rotatable bonds is 9. The number of hydrazone groups is 1. The van der Waals surface area contributed by atoms with Crippen LogP contribution in [0.3, 0.4) is 0 Å². The molecule has 172 valence electrons. The largest absolute Gasteiger partial charge is 0.490 e. The maximum absolute atomic E-state index is 13.8. The van der Waals surface area contributed by atoms with Gasteiger partial charge in [-0.15, -0.1) is 0 Å². The Labute approximate surface area is 188 Å². The predicted molar refractivity (Wildman–Crippen MR) is 120 cm³/mol. The Morgan fingerprint density at radius 2 is 1.91 bits per heavy atom. The molecule has 1 amide bonds. The van der Waals surface area contributed by atoms with E-state index in [-0.39, 0.29) is 24.4 Å². The first-order valence-corrected chi connectivity index (χ1v) is 10.1. The minimum Gasteiger partial charge on any atom is -0.490 e. The minimum atomic E-state index is -0.633. The SMILES string of the molecule is CCOc1cc(/C=N\NC(=O)Cc2c(C)[nH]c(=O)[nH]c2=O)ccc1OCc1ccccc1F. The zero-order valence-corrected chi connectivity index (χ0v) is 18.1. The molecule has 0 bridgehead atoms. The smallest absolute Gasteiger partial charge is 0.325 e. The van der Waals surface area contributed by atoms with Crippen molar-refractivity contribution in [1.29, 1.82) is 0 Å². The lowest BCUT2D eigenvalue weighted by Gasteiger charge is -2.13. The Hall–Kier alpha value is -4.21. The van der Waals surface area contributed by atoms with E-state index in [1.165, 1.54) is 19.2 Å². The zero-order chi connectivity index (χ0) is 23.8. The van der Waals surface area contributed by atoms with Crippen molar-refractivity contribution in [3.63, 3.8) is 0 Å². The van der Waals surface area contributed by atoms with Crippen molar-refractivity contribution >= 4 is 12.1 Å². The molecule has 0 saturated heterocycles. The summed E-state index contributed by atoms with van der Waals surface area (Å²) in [5.74, 6) is 0.00402. The van der Waals surface area contributed by atoms with Crippen LogP contribution in [0.2, 0.25) is 0 Å². The molecule has 0 aliphatic carbocycles. The monoisotopic (exact) mass is 454 g/mol. The average Bonchev–Trinajstić information content (AvgIpc) is 2.77. The number of carbonyl (C=O) groups excluding carboxylic acids is 1. The summed E-state index contributed by atoms with van der Waals surface area (Å²) in [6.07, 6.45) is 1.16. The van der Waals surface area contributed by atoms with E-state index >= 15 is 0 Å². The standard InChI is InChI=1S/C23H23FN4O5/c1-3-32-20-10-15(8-9-19(20)33-13-16-6-4-5-7-18(16)24)12-25-28-21(29)11-17-14(2)26-23(31)27-22(17)30/h4-10,12H,3,11,13H2,1-2H3,(H,28,29)(H2,26,27,30,31)/b25-12-.